The molecule has 0 aromatic heterocycles. The molecule has 0 spiro atoms. The third-order valence-corrected chi connectivity index (χ3v) is 3.63. The lowest BCUT2D eigenvalue weighted by molar-refractivity contribution is -0.123. The van der Waals surface area contributed by atoms with Crippen LogP contribution in [0.25, 0.3) is 0 Å². The average Bonchev–Trinajstić information content (AvgIpc) is 2.73. The predicted molar refractivity (Wildman–Crippen MR) is 70.6 cm³/mol. The summed E-state index contributed by atoms with van der Waals surface area (Å²) < 4.78 is 0. The van der Waals surface area contributed by atoms with Gasteiger partial charge >= 0.3 is 0 Å². The smallest absolute Gasteiger partial charge is 0.237 e. The Bertz CT molecular complexity index is 253. The summed E-state index contributed by atoms with van der Waals surface area (Å²) in [6, 6.07) is 0.228. The van der Waals surface area contributed by atoms with Gasteiger partial charge in [-0.2, -0.15) is 0 Å². The molecule has 0 radical (unpaired) electrons. The Hall–Kier alpha value is -0.610. The fourth-order valence-corrected chi connectivity index (χ4v) is 2.16. The van der Waals surface area contributed by atoms with Crippen LogP contribution in [0.4, 0.5) is 0 Å². The van der Waals surface area contributed by atoms with Crippen molar-refractivity contribution in [3.05, 3.63) is 0 Å². The second-order valence-corrected chi connectivity index (χ2v) is 5.76. The molecule has 1 unspecified atom stereocenters. The minimum Gasteiger partial charge on any atom is -0.354 e. The van der Waals surface area contributed by atoms with Crippen LogP contribution in [0.1, 0.15) is 34.1 Å². The van der Waals surface area contributed by atoms with E-state index in [4.69, 9.17) is 5.73 Å². The van der Waals surface area contributed by atoms with Gasteiger partial charge in [-0.25, -0.2) is 0 Å². The minimum absolute atomic E-state index is 0.0111. The fourth-order valence-electron chi connectivity index (χ4n) is 2.16. The Labute approximate surface area is 105 Å². The first kappa shape index (κ1) is 14.5. The maximum Gasteiger partial charge on any atom is 0.237 e. The number of nitrogens with two attached hydrogens (primary N) is 1. The molecule has 2 atom stereocenters. The van der Waals surface area contributed by atoms with E-state index in [1.54, 1.807) is 0 Å². The average molecular weight is 241 g/mol. The summed E-state index contributed by atoms with van der Waals surface area (Å²) in [5.41, 5.74) is 5.80. The van der Waals surface area contributed by atoms with E-state index in [9.17, 15) is 4.79 Å². The summed E-state index contributed by atoms with van der Waals surface area (Å²) in [4.78, 5) is 14.2. The zero-order valence-electron chi connectivity index (χ0n) is 11.6. The number of nitrogens with zero attached hydrogens (tertiary/aromatic N) is 1. The van der Waals surface area contributed by atoms with E-state index in [2.05, 4.69) is 24.1 Å². The molecule has 1 rings (SSSR count). The molecule has 100 valence electrons. The van der Waals surface area contributed by atoms with Crippen molar-refractivity contribution in [3.8, 4) is 0 Å². The molecule has 1 aliphatic rings. The highest BCUT2D eigenvalue weighted by atomic mass is 16.2. The van der Waals surface area contributed by atoms with E-state index in [1.807, 2.05) is 13.8 Å². The number of rotatable bonds is 5. The van der Waals surface area contributed by atoms with Crippen LogP contribution in [0.2, 0.25) is 0 Å². The van der Waals surface area contributed by atoms with Gasteiger partial charge in [0.1, 0.15) is 0 Å². The zero-order chi connectivity index (χ0) is 13.0. The molecule has 4 nitrogen and oxygen atoms in total. The first-order valence-corrected chi connectivity index (χ1v) is 6.69. The van der Waals surface area contributed by atoms with Crippen molar-refractivity contribution in [2.45, 2.75) is 46.2 Å². The van der Waals surface area contributed by atoms with Gasteiger partial charge in [-0.05, 0) is 38.6 Å². The van der Waals surface area contributed by atoms with Gasteiger partial charge in [0.05, 0.1) is 6.04 Å². The molecule has 0 saturated carbocycles. The molecule has 1 aliphatic heterocycles. The summed E-state index contributed by atoms with van der Waals surface area (Å²) in [6.45, 7) is 11.4. The standard InChI is InChI=1S/C13H27N3O/c1-9(2)12(14)13(17)15-7-11-5-6-16(8-11)10(3)4/h9-12H,5-8,14H2,1-4H3,(H,15,17)/t11?,12-/m1/s1. The van der Waals surface area contributed by atoms with Gasteiger partial charge in [-0.3, -0.25) is 4.79 Å². The van der Waals surface area contributed by atoms with Gasteiger partial charge < -0.3 is 16.0 Å². The highest BCUT2D eigenvalue weighted by molar-refractivity contribution is 5.81. The summed E-state index contributed by atoms with van der Waals surface area (Å²) in [6.07, 6.45) is 1.18. The largest absolute Gasteiger partial charge is 0.354 e. The number of amides is 1. The summed E-state index contributed by atoms with van der Waals surface area (Å²) in [5, 5.41) is 2.97. The second kappa shape index (κ2) is 6.36. The van der Waals surface area contributed by atoms with Gasteiger partial charge in [0.15, 0.2) is 0 Å². The minimum atomic E-state index is -0.377. The number of carbonyl (C=O) groups excluding carboxylic acids is 1. The molecule has 17 heavy (non-hydrogen) atoms. The molecule has 1 saturated heterocycles. The van der Waals surface area contributed by atoms with Crippen LogP contribution in [0.3, 0.4) is 0 Å². The molecule has 1 amide bonds. The van der Waals surface area contributed by atoms with E-state index in [-0.39, 0.29) is 17.9 Å². The zero-order valence-corrected chi connectivity index (χ0v) is 11.6. The number of likely N-dealkylation sites (tertiary alicyclic amines) is 1. The van der Waals surface area contributed by atoms with Crippen LogP contribution in [0, 0.1) is 11.8 Å². The molecule has 1 heterocycles. The molecule has 0 aromatic carbocycles. The van der Waals surface area contributed by atoms with E-state index < -0.39 is 0 Å². The molecule has 1 fully saturated rings. The second-order valence-electron chi connectivity index (χ2n) is 5.76. The Morgan fingerprint density at radius 3 is 2.53 bits per heavy atom. The number of hydrogen-bond acceptors (Lipinski definition) is 3. The third-order valence-electron chi connectivity index (χ3n) is 3.63. The van der Waals surface area contributed by atoms with Crippen molar-refractivity contribution in [2.24, 2.45) is 17.6 Å². The Balaban J connectivity index is 2.26. The topological polar surface area (TPSA) is 58.4 Å². The van der Waals surface area contributed by atoms with Crippen molar-refractivity contribution in [3.63, 3.8) is 0 Å². The Kier molecular flexibility index (Phi) is 5.40. The van der Waals surface area contributed by atoms with Crippen molar-refractivity contribution >= 4 is 5.91 Å². The summed E-state index contributed by atoms with van der Waals surface area (Å²) in [7, 11) is 0. The van der Waals surface area contributed by atoms with Crippen LogP contribution in [-0.4, -0.2) is 42.5 Å². The van der Waals surface area contributed by atoms with Crippen molar-refractivity contribution in [1.29, 1.82) is 0 Å². The molecule has 0 aromatic rings. The first-order chi connectivity index (χ1) is 7.91. The number of carbonyl (C=O) groups is 1. The number of nitrogens with one attached hydrogen (secondary N) is 1. The van der Waals surface area contributed by atoms with E-state index in [0.717, 1.165) is 19.6 Å². The van der Waals surface area contributed by atoms with Crippen LogP contribution in [0.5, 0.6) is 0 Å². The highest BCUT2D eigenvalue weighted by Crippen LogP contribution is 2.17. The Morgan fingerprint density at radius 2 is 2.06 bits per heavy atom. The van der Waals surface area contributed by atoms with E-state index in [1.165, 1.54) is 6.42 Å². The fraction of sp³-hybridized carbons (Fsp3) is 0.923. The monoisotopic (exact) mass is 241 g/mol. The van der Waals surface area contributed by atoms with Crippen molar-refractivity contribution in [1.82, 2.24) is 10.2 Å². The van der Waals surface area contributed by atoms with Gasteiger partial charge in [0, 0.05) is 19.1 Å². The lowest BCUT2D eigenvalue weighted by Crippen LogP contribution is -2.45. The van der Waals surface area contributed by atoms with Crippen molar-refractivity contribution < 1.29 is 4.79 Å². The molecular formula is C13H27N3O. The maximum atomic E-state index is 11.7. The normalized spacial score (nSPS) is 23.4. The summed E-state index contributed by atoms with van der Waals surface area (Å²) in [5.74, 6) is 0.773. The summed E-state index contributed by atoms with van der Waals surface area (Å²) >= 11 is 0. The van der Waals surface area contributed by atoms with Gasteiger partial charge in [0.25, 0.3) is 0 Å². The molecular weight excluding hydrogens is 214 g/mol. The lowest BCUT2D eigenvalue weighted by atomic mass is 10.0. The maximum absolute atomic E-state index is 11.7. The Morgan fingerprint density at radius 1 is 1.41 bits per heavy atom. The molecule has 4 heteroatoms. The third kappa shape index (κ3) is 4.28. The van der Waals surface area contributed by atoms with Gasteiger partial charge in [0.2, 0.25) is 5.91 Å². The van der Waals surface area contributed by atoms with Crippen LogP contribution in [-0.2, 0) is 4.79 Å². The van der Waals surface area contributed by atoms with Gasteiger partial charge in [-0.1, -0.05) is 13.8 Å². The first-order valence-electron chi connectivity index (χ1n) is 6.69. The van der Waals surface area contributed by atoms with Crippen LogP contribution >= 0.6 is 0 Å². The highest BCUT2D eigenvalue weighted by Gasteiger charge is 2.25. The van der Waals surface area contributed by atoms with Crippen LogP contribution < -0.4 is 11.1 Å². The van der Waals surface area contributed by atoms with E-state index in [0.29, 0.717) is 12.0 Å². The molecule has 0 aliphatic carbocycles. The van der Waals surface area contributed by atoms with Gasteiger partial charge in [-0.15, -0.1) is 0 Å². The predicted octanol–water partition coefficient (Wildman–Crippen LogP) is 0.816. The molecule has 3 N–H and O–H groups in total. The van der Waals surface area contributed by atoms with Crippen LogP contribution in [0.15, 0.2) is 0 Å². The lowest BCUT2D eigenvalue weighted by Gasteiger charge is -2.21. The number of hydrogen-bond donors (Lipinski definition) is 2. The SMILES string of the molecule is CC(C)[C@@H](N)C(=O)NCC1CCN(C(C)C)C1. The van der Waals surface area contributed by atoms with Crippen molar-refractivity contribution in [2.75, 3.05) is 19.6 Å². The molecule has 0 bridgehead atoms. The quantitative estimate of drug-likeness (QED) is 0.749. The van der Waals surface area contributed by atoms with E-state index >= 15 is 0 Å².